The lowest BCUT2D eigenvalue weighted by atomic mass is 10.1. The molecule has 1 amide bonds. The number of hydrogen-bond donors (Lipinski definition) is 1. The van der Waals surface area contributed by atoms with Crippen LogP contribution in [0.2, 0.25) is 0 Å². The summed E-state index contributed by atoms with van der Waals surface area (Å²) in [6.07, 6.45) is 4.91. The van der Waals surface area contributed by atoms with Crippen molar-refractivity contribution in [3.63, 3.8) is 0 Å². The van der Waals surface area contributed by atoms with Gasteiger partial charge in [0.2, 0.25) is 5.91 Å². The van der Waals surface area contributed by atoms with E-state index in [9.17, 15) is 4.79 Å². The molecule has 0 fully saturated rings. The molecule has 0 aliphatic rings. The Morgan fingerprint density at radius 2 is 1.90 bits per heavy atom. The summed E-state index contributed by atoms with van der Waals surface area (Å²) >= 11 is 0. The van der Waals surface area contributed by atoms with Crippen molar-refractivity contribution in [1.82, 2.24) is 5.32 Å². The highest BCUT2D eigenvalue weighted by Crippen LogP contribution is 2.06. The summed E-state index contributed by atoms with van der Waals surface area (Å²) in [7, 11) is 0. The average molecular weight is 271 g/mol. The molecular weight excluding hydrogens is 250 g/mol. The molecule has 106 valence electrons. The van der Waals surface area contributed by atoms with Crippen LogP contribution in [0.15, 0.2) is 47.1 Å². The quantitative estimate of drug-likeness (QED) is 0.786. The number of carbonyl (C=O) groups excluding carboxylic acids is 1. The molecule has 0 aliphatic carbocycles. The van der Waals surface area contributed by atoms with E-state index in [0.29, 0.717) is 13.0 Å². The van der Waals surface area contributed by atoms with Crippen LogP contribution in [0.3, 0.4) is 0 Å². The van der Waals surface area contributed by atoms with Gasteiger partial charge in [0.15, 0.2) is 0 Å². The van der Waals surface area contributed by atoms with E-state index >= 15 is 0 Å². The zero-order valence-electron chi connectivity index (χ0n) is 11.9. The SMILES string of the molecule is CCc1ccc(CC(=O)NCCCc2ccco2)cc1. The largest absolute Gasteiger partial charge is 0.469 e. The molecule has 2 aromatic rings. The van der Waals surface area contributed by atoms with Crippen molar-refractivity contribution in [3.05, 3.63) is 59.5 Å². The highest BCUT2D eigenvalue weighted by atomic mass is 16.3. The number of benzene rings is 1. The van der Waals surface area contributed by atoms with Gasteiger partial charge in [-0.1, -0.05) is 31.2 Å². The van der Waals surface area contributed by atoms with Crippen LogP contribution in [0.5, 0.6) is 0 Å². The Labute approximate surface area is 120 Å². The number of hydrogen-bond acceptors (Lipinski definition) is 2. The Kier molecular flexibility index (Phi) is 5.42. The van der Waals surface area contributed by atoms with E-state index in [0.717, 1.165) is 30.6 Å². The molecule has 3 heteroatoms. The summed E-state index contributed by atoms with van der Waals surface area (Å²) in [4.78, 5) is 11.8. The van der Waals surface area contributed by atoms with E-state index in [1.807, 2.05) is 24.3 Å². The number of amides is 1. The summed E-state index contributed by atoms with van der Waals surface area (Å²) < 4.78 is 5.25. The maximum atomic E-state index is 11.8. The molecule has 0 spiro atoms. The van der Waals surface area contributed by atoms with Crippen LogP contribution >= 0.6 is 0 Å². The second kappa shape index (κ2) is 7.53. The van der Waals surface area contributed by atoms with Gasteiger partial charge in [0.05, 0.1) is 12.7 Å². The summed E-state index contributed by atoms with van der Waals surface area (Å²) in [5.74, 6) is 1.04. The van der Waals surface area contributed by atoms with Gasteiger partial charge in [0, 0.05) is 13.0 Å². The molecule has 0 unspecified atom stereocenters. The van der Waals surface area contributed by atoms with Crippen LogP contribution in [-0.4, -0.2) is 12.5 Å². The first-order chi connectivity index (χ1) is 9.78. The molecule has 0 radical (unpaired) electrons. The van der Waals surface area contributed by atoms with Crippen LogP contribution in [0, 0.1) is 0 Å². The highest BCUT2D eigenvalue weighted by molar-refractivity contribution is 5.78. The van der Waals surface area contributed by atoms with Crippen LogP contribution in [0.4, 0.5) is 0 Å². The van der Waals surface area contributed by atoms with Gasteiger partial charge in [-0.15, -0.1) is 0 Å². The number of rotatable bonds is 7. The van der Waals surface area contributed by atoms with Gasteiger partial charge in [-0.05, 0) is 36.1 Å². The van der Waals surface area contributed by atoms with Crippen molar-refractivity contribution in [1.29, 1.82) is 0 Å². The number of carbonyl (C=O) groups is 1. The third kappa shape index (κ3) is 4.57. The Balaban J connectivity index is 1.66. The minimum Gasteiger partial charge on any atom is -0.469 e. The van der Waals surface area contributed by atoms with Crippen molar-refractivity contribution in [2.24, 2.45) is 0 Å². The van der Waals surface area contributed by atoms with Gasteiger partial charge >= 0.3 is 0 Å². The zero-order chi connectivity index (χ0) is 14.2. The minimum atomic E-state index is 0.0775. The first kappa shape index (κ1) is 14.4. The summed E-state index contributed by atoms with van der Waals surface area (Å²) in [5.41, 5.74) is 2.36. The molecule has 0 atom stereocenters. The number of nitrogens with one attached hydrogen (secondary N) is 1. The minimum absolute atomic E-state index is 0.0775. The van der Waals surface area contributed by atoms with Gasteiger partial charge in [-0.3, -0.25) is 4.79 Å². The van der Waals surface area contributed by atoms with Crippen molar-refractivity contribution in [3.8, 4) is 0 Å². The fraction of sp³-hybridized carbons (Fsp3) is 0.353. The van der Waals surface area contributed by atoms with E-state index in [-0.39, 0.29) is 5.91 Å². The monoisotopic (exact) mass is 271 g/mol. The van der Waals surface area contributed by atoms with E-state index < -0.39 is 0 Å². The Bertz CT molecular complexity index is 514. The molecule has 0 bridgehead atoms. The second-order valence-corrected chi connectivity index (χ2v) is 4.88. The molecule has 1 N–H and O–H groups in total. The zero-order valence-corrected chi connectivity index (χ0v) is 11.9. The molecule has 1 aromatic carbocycles. The highest BCUT2D eigenvalue weighted by Gasteiger charge is 2.03. The van der Waals surface area contributed by atoms with Crippen molar-refractivity contribution in [2.75, 3.05) is 6.54 Å². The molecule has 0 aliphatic heterocycles. The van der Waals surface area contributed by atoms with Crippen LogP contribution in [0.1, 0.15) is 30.2 Å². The molecule has 1 aromatic heterocycles. The van der Waals surface area contributed by atoms with Gasteiger partial charge in [0.25, 0.3) is 0 Å². The van der Waals surface area contributed by atoms with Gasteiger partial charge < -0.3 is 9.73 Å². The van der Waals surface area contributed by atoms with Gasteiger partial charge in [-0.25, -0.2) is 0 Å². The smallest absolute Gasteiger partial charge is 0.224 e. The first-order valence-corrected chi connectivity index (χ1v) is 7.15. The molecule has 0 saturated carbocycles. The molecule has 1 heterocycles. The third-order valence-electron chi connectivity index (χ3n) is 3.30. The third-order valence-corrected chi connectivity index (χ3v) is 3.30. The van der Waals surface area contributed by atoms with Crippen LogP contribution in [-0.2, 0) is 24.1 Å². The first-order valence-electron chi connectivity index (χ1n) is 7.15. The average Bonchev–Trinajstić information content (AvgIpc) is 2.98. The maximum Gasteiger partial charge on any atom is 0.224 e. The van der Waals surface area contributed by atoms with Crippen molar-refractivity contribution in [2.45, 2.75) is 32.6 Å². The topological polar surface area (TPSA) is 42.2 Å². The summed E-state index contributed by atoms with van der Waals surface area (Å²) in [6, 6.07) is 12.1. The summed E-state index contributed by atoms with van der Waals surface area (Å²) in [6.45, 7) is 2.81. The number of aryl methyl sites for hydroxylation is 2. The molecular formula is C17H21NO2. The summed E-state index contributed by atoms with van der Waals surface area (Å²) in [5, 5.41) is 2.94. The molecule has 20 heavy (non-hydrogen) atoms. The van der Waals surface area contributed by atoms with Crippen LogP contribution < -0.4 is 5.32 Å². The lowest BCUT2D eigenvalue weighted by molar-refractivity contribution is -0.120. The number of furan rings is 1. The molecule has 0 saturated heterocycles. The predicted molar refractivity (Wildman–Crippen MR) is 79.6 cm³/mol. The van der Waals surface area contributed by atoms with Crippen molar-refractivity contribution >= 4 is 5.91 Å². The lowest BCUT2D eigenvalue weighted by Gasteiger charge is -2.05. The molecule has 2 rings (SSSR count). The predicted octanol–water partition coefficient (Wildman–Crippen LogP) is 3.13. The van der Waals surface area contributed by atoms with E-state index in [2.05, 4.69) is 24.4 Å². The van der Waals surface area contributed by atoms with Crippen LogP contribution in [0.25, 0.3) is 0 Å². The Hall–Kier alpha value is -2.03. The van der Waals surface area contributed by atoms with Gasteiger partial charge in [0.1, 0.15) is 5.76 Å². The lowest BCUT2D eigenvalue weighted by Crippen LogP contribution is -2.26. The Morgan fingerprint density at radius 1 is 1.15 bits per heavy atom. The fourth-order valence-electron chi connectivity index (χ4n) is 2.09. The normalized spacial score (nSPS) is 10.4. The fourth-order valence-corrected chi connectivity index (χ4v) is 2.09. The van der Waals surface area contributed by atoms with Crippen molar-refractivity contribution < 1.29 is 9.21 Å². The van der Waals surface area contributed by atoms with Gasteiger partial charge in [-0.2, -0.15) is 0 Å². The standard InChI is InChI=1S/C17H21NO2/c1-2-14-7-9-15(10-8-14)13-17(19)18-11-3-5-16-6-4-12-20-16/h4,6-10,12H,2-3,5,11,13H2,1H3,(H,18,19). The molecule has 3 nitrogen and oxygen atoms in total. The van der Waals surface area contributed by atoms with E-state index in [4.69, 9.17) is 4.42 Å². The van der Waals surface area contributed by atoms with E-state index in [1.165, 1.54) is 5.56 Å². The maximum absolute atomic E-state index is 11.8. The second-order valence-electron chi connectivity index (χ2n) is 4.88. The Morgan fingerprint density at radius 3 is 2.55 bits per heavy atom. The van der Waals surface area contributed by atoms with E-state index in [1.54, 1.807) is 6.26 Å².